The third kappa shape index (κ3) is 5.43. The summed E-state index contributed by atoms with van der Waals surface area (Å²) in [4.78, 5) is 19.6. The van der Waals surface area contributed by atoms with Gasteiger partial charge in [0, 0.05) is 41.6 Å². The van der Waals surface area contributed by atoms with Crippen molar-refractivity contribution < 1.29 is 22.0 Å². The zero-order chi connectivity index (χ0) is 33.0. The van der Waals surface area contributed by atoms with Crippen LogP contribution in [0.3, 0.4) is 0 Å². The van der Waals surface area contributed by atoms with Crippen LogP contribution in [0.25, 0.3) is 21.7 Å². The van der Waals surface area contributed by atoms with E-state index < -0.39 is 36.1 Å². The lowest BCUT2D eigenvalue weighted by molar-refractivity contribution is -0.206. The summed E-state index contributed by atoms with van der Waals surface area (Å²) in [6.07, 6.45) is -2.24. The molecule has 15 heteroatoms. The number of aromatic amines is 1. The number of nitriles is 1. The van der Waals surface area contributed by atoms with E-state index in [1.54, 1.807) is 42.6 Å². The average Bonchev–Trinajstić information content (AvgIpc) is 3.68. The predicted molar refractivity (Wildman–Crippen MR) is 165 cm³/mol. The first-order chi connectivity index (χ1) is 21.8. The molecule has 1 saturated carbocycles. The molecule has 2 aromatic carbocycles. The van der Waals surface area contributed by atoms with E-state index >= 15 is 0 Å². The SMILES string of the molecule is CC(C)(CNc1c(C#N)cnc2c(Cl)cc(N[C@H](C3=CN(C4(C(F)F)CC4)NN3)c3cccc4c(=O)[nH]ccc34)cc12)C(F)(F)F. The molecule has 1 fully saturated rings. The lowest BCUT2D eigenvalue weighted by Crippen LogP contribution is -2.48. The van der Waals surface area contributed by atoms with Crippen LogP contribution in [0.2, 0.25) is 5.02 Å². The zero-order valence-electron chi connectivity index (χ0n) is 24.5. The first-order valence-corrected chi connectivity index (χ1v) is 14.6. The van der Waals surface area contributed by atoms with Crippen molar-refractivity contribution in [3.8, 4) is 6.07 Å². The van der Waals surface area contributed by atoms with Crippen LogP contribution in [0.15, 0.2) is 65.5 Å². The lowest BCUT2D eigenvalue weighted by atomic mass is 9.92. The Balaban J connectivity index is 1.46. The molecule has 6 rings (SSSR count). The highest BCUT2D eigenvalue weighted by molar-refractivity contribution is 6.35. The number of nitrogens with zero attached hydrogens (tertiary/aromatic N) is 3. The molecule has 0 saturated heterocycles. The number of hydrazine groups is 2. The topological polar surface area (TPSA) is 121 Å². The molecule has 2 aliphatic rings. The minimum absolute atomic E-state index is 0.0188. The van der Waals surface area contributed by atoms with Gasteiger partial charge in [-0.15, -0.1) is 5.53 Å². The quantitative estimate of drug-likeness (QED) is 0.126. The van der Waals surface area contributed by atoms with Crippen molar-refractivity contribution in [3.05, 3.63) is 87.2 Å². The smallest absolute Gasteiger partial charge is 0.382 e. The number of anilines is 2. The Bertz CT molecular complexity index is 1970. The fourth-order valence-corrected chi connectivity index (χ4v) is 5.69. The second-order valence-electron chi connectivity index (χ2n) is 12.0. The maximum atomic E-state index is 14.0. The minimum atomic E-state index is -4.51. The molecule has 1 aliphatic heterocycles. The van der Waals surface area contributed by atoms with E-state index in [2.05, 4.69) is 31.6 Å². The van der Waals surface area contributed by atoms with Gasteiger partial charge >= 0.3 is 6.18 Å². The van der Waals surface area contributed by atoms with E-state index in [-0.39, 0.29) is 27.3 Å². The molecule has 0 amide bonds. The predicted octanol–water partition coefficient (Wildman–Crippen LogP) is 6.72. The monoisotopic (exact) mass is 658 g/mol. The number of aromatic nitrogens is 2. The van der Waals surface area contributed by atoms with Crippen molar-refractivity contribution in [2.24, 2.45) is 5.41 Å². The van der Waals surface area contributed by atoms with E-state index in [0.29, 0.717) is 45.9 Å². The number of pyridine rings is 2. The minimum Gasteiger partial charge on any atom is -0.382 e. The molecule has 4 aromatic rings. The van der Waals surface area contributed by atoms with E-state index in [4.69, 9.17) is 11.6 Å². The van der Waals surface area contributed by atoms with Crippen molar-refractivity contribution in [1.82, 2.24) is 25.9 Å². The second-order valence-corrected chi connectivity index (χ2v) is 12.4. The molecule has 9 nitrogen and oxygen atoms in total. The van der Waals surface area contributed by atoms with Gasteiger partial charge in [0.15, 0.2) is 0 Å². The summed E-state index contributed by atoms with van der Waals surface area (Å²) in [5.74, 6) is 0. The van der Waals surface area contributed by atoms with Gasteiger partial charge < -0.3 is 21.0 Å². The van der Waals surface area contributed by atoms with Gasteiger partial charge in [0.2, 0.25) is 0 Å². The van der Waals surface area contributed by atoms with Gasteiger partial charge in [0.25, 0.3) is 12.0 Å². The molecule has 46 heavy (non-hydrogen) atoms. The Labute approximate surface area is 264 Å². The Morgan fingerprint density at radius 2 is 1.91 bits per heavy atom. The average molecular weight is 659 g/mol. The number of hydrogen-bond acceptors (Lipinski definition) is 8. The number of fused-ring (bicyclic) bond motifs is 2. The first-order valence-electron chi connectivity index (χ1n) is 14.3. The Hall–Kier alpha value is -4.61. The van der Waals surface area contributed by atoms with Gasteiger partial charge in [0.05, 0.1) is 38.9 Å². The molecule has 0 spiro atoms. The molecule has 240 valence electrons. The molecule has 1 aliphatic carbocycles. The molecule has 3 heterocycles. The van der Waals surface area contributed by atoms with Crippen LogP contribution < -0.4 is 27.2 Å². The fourth-order valence-electron chi connectivity index (χ4n) is 5.42. The summed E-state index contributed by atoms with van der Waals surface area (Å²) in [6.45, 7) is 1.57. The summed E-state index contributed by atoms with van der Waals surface area (Å²) in [5.41, 5.74) is 3.87. The molecule has 0 unspecified atom stereocenters. The van der Waals surface area contributed by atoms with Gasteiger partial charge in [-0.1, -0.05) is 23.7 Å². The van der Waals surface area contributed by atoms with Gasteiger partial charge in [-0.05, 0) is 61.9 Å². The van der Waals surface area contributed by atoms with Crippen LogP contribution in [0.4, 0.5) is 33.3 Å². The zero-order valence-corrected chi connectivity index (χ0v) is 25.2. The highest BCUT2D eigenvalue weighted by Crippen LogP contribution is 2.47. The van der Waals surface area contributed by atoms with Crippen LogP contribution in [0.1, 0.15) is 43.9 Å². The molecule has 1 atom stereocenters. The van der Waals surface area contributed by atoms with Crippen LogP contribution in [-0.4, -0.2) is 39.7 Å². The highest BCUT2D eigenvalue weighted by Gasteiger charge is 2.56. The van der Waals surface area contributed by atoms with Gasteiger partial charge in [0.1, 0.15) is 11.6 Å². The summed E-state index contributed by atoms with van der Waals surface area (Å²) in [5, 5.41) is 18.7. The van der Waals surface area contributed by atoms with Crippen LogP contribution in [0.5, 0.6) is 0 Å². The number of benzene rings is 2. The van der Waals surface area contributed by atoms with Gasteiger partial charge in [-0.25, -0.2) is 8.78 Å². The van der Waals surface area contributed by atoms with Crippen LogP contribution in [0, 0.1) is 16.7 Å². The van der Waals surface area contributed by atoms with Gasteiger partial charge in [-0.3, -0.25) is 14.8 Å². The summed E-state index contributed by atoms with van der Waals surface area (Å²) in [7, 11) is 0. The van der Waals surface area contributed by atoms with E-state index in [0.717, 1.165) is 13.8 Å². The number of rotatable bonds is 9. The normalized spacial score (nSPS) is 16.7. The third-order valence-corrected chi connectivity index (χ3v) is 8.83. The van der Waals surface area contributed by atoms with Gasteiger partial charge in [-0.2, -0.15) is 18.4 Å². The van der Waals surface area contributed by atoms with E-state index in [9.17, 15) is 32.0 Å². The number of H-pyrrole nitrogens is 1. The molecule has 5 N–H and O–H groups in total. The maximum absolute atomic E-state index is 14.0. The highest BCUT2D eigenvalue weighted by atomic mass is 35.5. The summed E-state index contributed by atoms with van der Waals surface area (Å²) in [6, 6.07) is 11.3. The Morgan fingerprint density at radius 1 is 1.15 bits per heavy atom. The van der Waals surface area contributed by atoms with Crippen molar-refractivity contribution in [2.75, 3.05) is 17.2 Å². The molecule has 0 radical (unpaired) electrons. The van der Waals surface area contributed by atoms with Crippen molar-refractivity contribution in [1.29, 1.82) is 5.26 Å². The number of nitrogens with one attached hydrogen (secondary N) is 5. The lowest BCUT2D eigenvalue weighted by Gasteiger charge is -2.29. The maximum Gasteiger partial charge on any atom is 0.395 e. The summed E-state index contributed by atoms with van der Waals surface area (Å²) >= 11 is 6.65. The van der Waals surface area contributed by atoms with Crippen LogP contribution >= 0.6 is 11.6 Å². The fraction of sp³-hybridized carbons (Fsp3) is 0.323. The van der Waals surface area contributed by atoms with Crippen molar-refractivity contribution in [3.63, 3.8) is 0 Å². The Kier molecular flexibility index (Phi) is 7.72. The standard InChI is InChI=1S/C31H28ClF5N8O/c1-29(2,31(35,36)37)15-41-24-16(12-38)13-40-25-21(24)10-17(11-22(25)32)42-26(19-4-3-5-20-18(19)6-9-39-27(20)46)23-14-45(44-43-23)30(7-8-30)28(33)34/h3-6,9-11,13-14,26,28,42-44H,7-8,15H2,1-2H3,(H,39,46)(H,40,41)/t26-/m0/s1. The van der Waals surface area contributed by atoms with Crippen molar-refractivity contribution in [2.45, 2.75) is 50.9 Å². The first kappa shape index (κ1) is 31.4. The van der Waals surface area contributed by atoms with E-state index in [1.165, 1.54) is 17.4 Å². The summed E-state index contributed by atoms with van der Waals surface area (Å²) < 4.78 is 68.9. The van der Waals surface area contributed by atoms with Crippen molar-refractivity contribution >= 4 is 44.7 Å². The number of hydrogen-bond donors (Lipinski definition) is 5. The molecule has 0 bridgehead atoms. The molecular formula is C31H28ClF5N8O. The molecule has 2 aromatic heterocycles. The largest absolute Gasteiger partial charge is 0.395 e. The second kappa shape index (κ2) is 11.3. The van der Waals surface area contributed by atoms with Crippen LogP contribution in [-0.2, 0) is 0 Å². The number of alkyl halides is 5. The molecular weight excluding hydrogens is 631 g/mol. The third-order valence-electron chi connectivity index (χ3n) is 8.54. The number of halogens is 6. The van der Waals surface area contributed by atoms with E-state index in [1.807, 2.05) is 6.07 Å². The Morgan fingerprint density at radius 3 is 2.59 bits per heavy atom.